The van der Waals surface area contributed by atoms with E-state index in [1.54, 1.807) is 17.5 Å². The Labute approximate surface area is 190 Å². The SMILES string of the molecule is C=CNc1ncnc(N2CCC[C@@H]2COc2ccccc2-c2nc3ccccc3s2)c1N. The third-order valence-corrected chi connectivity index (χ3v) is 6.66. The minimum Gasteiger partial charge on any atom is -0.491 e. The molecule has 3 N–H and O–H groups in total. The van der Waals surface area contributed by atoms with E-state index < -0.39 is 0 Å². The molecule has 3 heterocycles. The number of fused-ring (bicyclic) bond motifs is 1. The molecule has 0 bridgehead atoms. The molecule has 1 atom stereocenters. The second-order valence-corrected chi connectivity index (χ2v) is 8.62. The molecule has 162 valence electrons. The fourth-order valence-corrected chi connectivity index (χ4v) is 5.05. The first-order valence-electron chi connectivity index (χ1n) is 10.6. The number of anilines is 3. The average molecular weight is 445 g/mol. The average Bonchev–Trinajstić information content (AvgIpc) is 3.46. The summed E-state index contributed by atoms with van der Waals surface area (Å²) in [5, 5.41) is 3.94. The Morgan fingerprint density at radius 2 is 2.03 bits per heavy atom. The summed E-state index contributed by atoms with van der Waals surface area (Å²) >= 11 is 1.68. The summed E-state index contributed by atoms with van der Waals surface area (Å²) < 4.78 is 7.52. The fraction of sp³-hybridized carbons (Fsp3) is 0.208. The normalized spacial score (nSPS) is 15.8. The first-order valence-corrected chi connectivity index (χ1v) is 11.4. The van der Waals surface area contributed by atoms with Crippen LogP contribution in [0.4, 0.5) is 17.3 Å². The van der Waals surface area contributed by atoms with Gasteiger partial charge in [0.25, 0.3) is 0 Å². The van der Waals surface area contributed by atoms with Gasteiger partial charge in [0, 0.05) is 6.54 Å². The van der Waals surface area contributed by atoms with E-state index in [9.17, 15) is 0 Å². The van der Waals surface area contributed by atoms with Crippen LogP contribution in [0.25, 0.3) is 20.8 Å². The molecule has 2 aromatic heterocycles. The number of benzene rings is 2. The van der Waals surface area contributed by atoms with E-state index in [0.717, 1.165) is 47.0 Å². The Kier molecular flexibility index (Phi) is 5.60. The molecule has 0 amide bonds. The number of nitrogen functional groups attached to an aromatic ring is 1. The third-order valence-electron chi connectivity index (χ3n) is 5.59. The van der Waals surface area contributed by atoms with Gasteiger partial charge in [0.15, 0.2) is 11.6 Å². The first-order chi connectivity index (χ1) is 15.7. The largest absolute Gasteiger partial charge is 0.491 e. The number of nitrogens with one attached hydrogen (secondary N) is 1. The van der Waals surface area contributed by atoms with Crippen LogP contribution in [0.5, 0.6) is 5.75 Å². The van der Waals surface area contributed by atoms with Crippen LogP contribution in [0, 0.1) is 0 Å². The van der Waals surface area contributed by atoms with Gasteiger partial charge in [-0.2, -0.15) is 0 Å². The highest BCUT2D eigenvalue weighted by Crippen LogP contribution is 2.37. The molecule has 8 heteroatoms. The van der Waals surface area contributed by atoms with E-state index in [1.165, 1.54) is 11.0 Å². The Bertz CT molecular complexity index is 1220. The summed E-state index contributed by atoms with van der Waals surface area (Å²) in [5.41, 5.74) is 8.87. The number of hydrogen-bond donors (Lipinski definition) is 2. The lowest BCUT2D eigenvalue weighted by Gasteiger charge is -2.27. The van der Waals surface area contributed by atoms with E-state index in [1.807, 2.05) is 36.4 Å². The smallest absolute Gasteiger partial charge is 0.158 e. The van der Waals surface area contributed by atoms with Gasteiger partial charge in [0.1, 0.15) is 29.4 Å². The maximum absolute atomic E-state index is 6.35. The summed E-state index contributed by atoms with van der Waals surface area (Å²) in [6.45, 7) is 5.10. The number of ether oxygens (including phenoxy) is 1. The zero-order valence-electron chi connectivity index (χ0n) is 17.6. The molecule has 1 saturated heterocycles. The maximum atomic E-state index is 6.35. The molecule has 2 aromatic carbocycles. The van der Waals surface area contributed by atoms with Crippen molar-refractivity contribution in [3.05, 3.63) is 67.6 Å². The van der Waals surface area contributed by atoms with Gasteiger partial charge in [-0.1, -0.05) is 30.8 Å². The van der Waals surface area contributed by atoms with Crippen molar-refractivity contribution >= 4 is 38.9 Å². The minimum absolute atomic E-state index is 0.173. The highest BCUT2D eigenvalue weighted by Gasteiger charge is 2.29. The Morgan fingerprint density at radius 3 is 2.91 bits per heavy atom. The van der Waals surface area contributed by atoms with Gasteiger partial charge in [-0.25, -0.2) is 15.0 Å². The number of aromatic nitrogens is 3. The van der Waals surface area contributed by atoms with Gasteiger partial charge in [-0.3, -0.25) is 0 Å². The second-order valence-electron chi connectivity index (χ2n) is 7.59. The topological polar surface area (TPSA) is 89.2 Å². The van der Waals surface area contributed by atoms with Crippen LogP contribution in [0.1, 0.15) is 12.8 Å². The van der Waals surface area contributed by atoms with E-state index in [4.69, 9.17) is 15.5 Å². The molecule has 0 unspecified atom stereocenters. The quantitative estimate of drug-likeness (QED) is 0.417. The summed E-state index contributed by atoms with van der Waals surface area (Å²) in [4.78, 5) is 15.7. The third kappa shape index (κ3) is 3.85. The zero-order valence-corrected chi connectivity index (χ0v) is 18.4. The molecule has 7 nitrogen and oxygen atoms in total. The van der Waals surface area contributed by atoms with Crippen LogP contribution in [-0.2, 0) is 0 Å². The van der Waals surface area contributed by atoms with Crippen molar-refractivity contribution < 1.29 is 4.74 Å². The fourth-order valence-electron chi connectivity index (χ4n) is 4.06. The van der Waals surface area contributed by atoms with Crippen LogP contribution >= 0.6 is 11.3 Å². The molecular weight excluding hydrogens is 420 g/mol. The summed E-state index contributed by atoms with van der Waals surface area (Å²) in [6.07, 6.45) is 5.15. The molecule has 0 saturated carbocycles. The van der Waals surface area contributed by atoms with Gasteiger partial charge >= 0.3 is 0 Å². The molecule has 5 rings (SSSR count). The Morgan fingerprint density at radius 1 is 1.19 bits per heavy atom. The summed E-state index contributed by atoms with van der Waals surface area (Å²) in [6, 6.07) is 16.4. The minimum atomic E-state index is 0.173. The maximum Gasteiger partial charge on any atom is 0.158 e. The van der Waals surface area contributed by atoms with E-state index >= 15 is 0 Å². The van der Waals surface area contributed by atoms with Gasteiger partial charge in [-0.15, -0.1) is 11.3 Å². The van der Waals surface area contributed by atoms with Gasteiger partial charge in [-0.05, 0) is 43.3 Å². The van der Waals surface area contributed by atoms with Crippen LogP contribution in [0.3, 0.4) is 0 Å². The molecular formula is C24H24N6OS. The van der Waals surface area contributed by atoms with Crippen molar-refractivity contribution in [3.63, 3.8) is 0 Å². The Hall–Kier alpha value is -3.65. The lowest BCUT2D eigenvalue weighted by atomic mass is 10.2. The predicted molar refractivity (Wildman–Crippen MR) is 131 cm³/mol. The van der Waals surface area contributed by atoms with E-state index in [2.05, 4.69) is 38.9 Å². The van der Waals surface area contributed by atoms with Crippen molar-refractivity contribution in [1.29, 1.82) is 0 Å². The standard InChI is InChI=1S/C24H24N6OS/c1-2-26-22-21(25)23(28-15-27-22)30-13-7-8-16(30)14-31-19-11-5-3-9-17(19)24-29-18-10-4-6-12-20(18)32-24/h2-6,9-12,15-16H,1,7-8,13-14,25H2,(H,26,27,28)/t16-/m1/s1. The Balaban J connectivity index is 1.37. The number of nitrogens with zero attached hydrogens (tertiary/aromatic N) is 4. The summed E-state index contributed by atoms with van der Waals surface area (Å²) in [5.74, 6) is 2.13. The van der Waals surface area contributed by atoms with Gasteiger partial charge in [0.2, 0.25) is 0 Å². The van der Waals surface area contributed by atoms with Crippen molar-refractivity contribution in [1.82, 2.24) is 15.0 Å². The second kappa shape index (κ2) is 8.84. The number of thiazole rings is 1. The van der Waals surface area contributed by atoms with E-state index in [0.29, 0.717) is 18.1 Å². The van der Waals surface area contributed by atoms with E-state index in [-0.39, 0.29) is 6.04 Å². The molecule has 0 spiro atoms. The van der Waals surface area contributed by atoms with Crippen molar-refractivity contribution in [2.45, 2.75) is 18.9 Å². The highest BCUT2D eigenvalue weighted by molar-refractivity contribution is 7.21. The molecule has 1 fully saturated rings. The van der Waals surface area contributed by atoms with Gasteiger partial charge < -0.3 is 20.7 Å². The van der Waals surface area contributed by atoms with Crippen molar-refractivity contribution in [2.24, 2.45) is 0 Å². The number of para-hydroxylation sites is 2. The van der Waals surface area contributed by atoms with Crippen LogP contribution < -0.4 is 20.7 Å². The predicted octanol–water partition coefficient (Wildman–Crippen LogP) is 4.94. The van der Waals surface area contributed by atoms with Crippen LogP contribution in [0.15, 0.2) is 67.6 Å². The molecule has 1 aliphatic rings. The number of nitrogens with two attached hydrogens (primary N) is 1. The molecule has 0 radical (unpaired) electrons. The number of rotatable bonds is 7. The molecule has 0 aliphatic carbocycles. The number of hydrogen-bond acceptors (Lipinski definition) is 8. The lowest BCUT2D eigenvalue weighted by molar-refractivity contribution is 0.289. The van der Waals surface area contributed by atoms with Crippen LogP contribution in [-0.4, -0.2) is 34.1 Å². The summed E-state index contributed by atoms with van der Waals surface area (Å²) in [7, 11) is 0. The van der Waals surface area contributed by atoms with Crippen LogP contribution in [0.2, 0.25) is 0 Å². The molecule has 32 heavy (non-hydrogen) atoms. The molecule has 1 aliphatic heterocycles. The molecule has 4 aromatic rings. The highest BCUT2D eigenvalue weighted by atomic mass is 32.1. The lowest BCUT2D eigenvalue weighted by Crippen LogP contribution is -2.35. The first kappa shape index (κ1) is 20.3. The monoisotopic (exact) mass is 444 g/mol. The van der Waals surface area contributed by atoms with Crippen molar-refractivity contribution in [2.75, 3.05) is 29.1 Å². The van der Waals surface area contributed by atoms with Gasteiger partial charge in [0.05, 0.1) is 21.8 Å². The van der Waals surface area contributed by atoms with Crippen molar-refractivity contribution in [3.8, 4) is 16.3 Å². The zero-order chi connectivity index (χ0) is 21.9.